The van der Waals surface area contributed by atoms with E-state index in [0.29, 0.717) is 17.1 Å². The van der Waals surface area contributed by atoms with Crippen LogP contribution in [0.1, 0.15) is 41.8 Å². The van der Waals surface area contributed by atoms with Crippen molar-refractivity contribution in [1.29, 1.82) is 0 Å². The Morgan fingerprint density at radius 1 is 1.14 bits per heavy atom. The van der Waals surface area contributed by atoms with Gasteiger partial charge in [0.1, 0.15) is 12.4 Å². The maximum atomic E-state index is 13.6. The number of aromatic nitrogens is 1. The number of benzene rings is 2. The molecule has 2 aromatic carbocycles. The monoisotopic (exact) mass is 514 g/mol. The Kier molecular flexibility index (Phi) is 8.34. The summed E-state index contributed by atoms with van der Waals surface area (Å²) in [5.41, 5.74) is 4.73. The Hall–Kier alpha value is -3.17. The first-order valence-corrected chi connectivity index (χ1v) is 13.5. The molecule has 0 atom stereocenters. The number of thiazole rings is 1. The smallest absolute Gasteiger partial charge is 0.328 e. The summed E-state index contributed by atoms with van der Waals surface area (Å²) < 4.78 is 34.9. The Labute approximate surface area is 210 Å². The highest BCUT2D eigenvalue weighted by molar-refractivity contribution is 7.94. The predicted octanol–water partition coefficient (Wildman–Crippen LogP) is 5.60. The van der Waals surface area contributed by atoms with Gasteiger partial charge in [0.15, 0.2) is 0 Å². The lowest BCUT2D eigenvalue weighted by Crippen LogP contribution is -2.34. The first kappa shape index (κ1) is 26.4. The van der Waals surface area contributed by atoms with E-state index >= 15 is 0 Å². The van der Waals surface area contributed by atoms with Gasteiger partial charge in [-0.15, -0.1) is 11.3 Å². The van der Waals surface area contributed by atoms with Gasteiger partial charge in [-0.3, -0.25) is 4.31 Å². The maximum absolute atomic E-state index is 13.6. The van der Waals surface area contributed by atoms with Crippen molar-refractivity contribution in [2.45, 2.75) is 45.6 Å². The number of aryl methyl sites for hydroxylation is 3. The van der Waals surface area contributed by atoms with E-state index in [1.54, 1.807) is 24.4 Å². The van der Waals surface area contributed by atoms with Gasteiger partial charge in [0.05, 0.1) is 5.69 Å². The Bertz CT molecular complexity index is 1330. The van der Waals surface area contributed by atoms with Crippen LogP contribution in [0.4, 0.5) is 5.69 Å². The molecule has 3 rings (SSSR count). The number of hydrogen-bond donors (Lipinski definition) is 1. The molecular weight excluding hydrogens is 484 g/mol. The van der Waals surface area contributed by atoms with Gasteiger partial charge in [0.25, 0.3) is 10.0 Å². The summed E-state index contributed by atoms with van der Waals surface area (Å²) in [7, 11) is -3.88. The number of carbonyl (C=O) groups is 1. The van der Waals surface area contributed by atoms with Gasteiger partial charge in [0.2, 0.25) is 4.34 Å². The molecule has 0 unspecified atom stereocenters. The fourth-order valence-electron chi connectivity index (χ4n) is 3.34. The quantitative estimate of drug-likeness (QED) is 0.354. The van der Waals surface area contributed by atoms with E-state index in [0.717, 1.165) is 39.7 Å². The molecule has 0 bridgehead atoms. The van der Waals surface area contributed by atoms with Crippen molar-refractivity contribution in [2.75, 3.05) is 10.8 Å². The molecule has 7 nitrogen and oxygen atoms in total. The van der Waals surface area contributed by atoms with Crippen LogP contribution in [0.2, 0.25) is 0 Å². The average Bonchev–Trinajstić information content (AvgIpc) is 3.24. The van der Waals surface area contributed by atoms with Crippen molar-refractivity contribution in [2.24, 2.45) is 5.92 Å². The minimum Gasteiger partial charge on any atom is -0.487 e. The molecule has 35 heavy (non-hydrogen) atoms. The number of sulfonamides is 1. The molecule has 186 valence electrons. The van der Waals surface area contributed by atoms with Crippen LogP contribution < -0.4 is 9.04 Å². The van der Waals surface area contributed by atoms with Crippen LogP contribution >= 0.6 is 11.3 Å². The summed E-state index contributed by atoms with van der Waals surface area (Å²) in [4.78, 5) is 14.9. The zero-order valence-corrected chi connectivity index (χ0v) is 22.1. The molecule has 0 amide bonds. The van der Waals surface area contributed by atoms with Crippen LogP contribution in [0.5, 0.6) is 5.75 Å². The van der Waals surface area contributed by atoms with Crippen LogP contribution in [-0.4, -0.2) is 31.0 Å². The first-order chi connectivity index (χ1) is 16.5. The third-order valence-corrected chi connectivity index (χ3v) is 8.41. The molecule has 0 aliphatic rings. The molecule has 0 saturated heterocycles. The second-order valence-electron chi connectivity index (χ2n) is 8.79. The molecule has 1 aromatic heterocycles. The van der Waals surface area contributed by atoms with Gasteiger partial charge >= 0.3 is 5.97 Å². The van der Waals surface area contributed by atoms with Gasteiger partial charge in [0, 0.05) is 23.7 Å². The Balaban J connectivity index is 1.96. The lowest BCUT2D eigenvalue weighted by molar-refractivity contribution is -0.131. The van der Waals surface area contributed by atoms with E-state index in [1.165, 1.54) is 10.4 Å². The molecule has 0 fully saturated rings. The van der Waals surface area contributed by atoms with E-state index in [9.17, 15) is 13.2 Å². The van der Waals surface area contributed by atoms with Crippen LogP contribution in [0.3, 0.4) is 0 Å². The highest BCUT2D eigenvalue weighted by Crippen LogP contribution is 2.37. The second-order valence-corrected chi connectivity index (χ2v) is 11.7. The molecule has 1 heterocycles. The van der Waals surface area contributed by atoms with E-state index < -0.39 is 16.0 Å². The minimum atomic E-state index is -3.88. The molecular formula is C26H30N2O5S2. The molecule has 0 saturated carbocycles. The van der Waals surface area contributed by atoms with Crippen LogP contribution in [0, 0.1) is 26.7 Å². The predicted molar refractivity (Wildman–Crippen MR) is 140 cm³/mol. The second kappa shape index (κ2) is 11.0. The highest BCUT2D eigenvalue weighted by atomic mass is 32.2. The van der Waals surface area contributed by atoms with E-state index in [1.807, 2.05) is 52.0 Å². The van der Waals surface area contributed by atoms with Gasteiger partial charge < -0.3 is 9.84 Å². The number of hydrogen-bond acceptors (Lipinski definition) is 6. The largest absolute Gasteiger partial charge is 0.487 e. The summed E-state index contributed by atoms with van der Waals surface area (Å²) >= 11 is 1.11. The maximum Gasteiger partial charge on any atom is 0.328 e. The summed E-state index contributed by atoms with van der Waals surface area (Å²) in [6.45, 7) is 10.1. The summed E-state index contributed by atoms with van der Waals surface area (Å²) in [5, 5.41) is 10.5. The van der Waals surface area contributed by atoms with E-state index in [4.69, 9.17) is 9.84 Å². The summed E-state index contributed by atoms with van der Waals surface area (Å²) in [6, 6.07) is 11.0. The van der Waals surface area contributed by atoms with Gasteiger partial charge in [-0.25, -0.2) is 9.78 Å². The summed E-state index contributed by atoms with van der Waals surface area (Å²) in [5.74, 6) is -0.458. The van der Waals surface area contributed by atoms with Gasteiger partial charge in [-0.05, 0) is 67.2 Å². The molecule has 0 spiro atoms. The number of carboxylic acids is 1. The van der Waals surface area contributed by atoms with Gasteiger partial charge in [-0.1, -0.05) is 38.1 Å². The van der Waals surface area contributed by atoms with E-state index in [2.05, 4.69) is 4.98 Å². The minimum absolute atomic E-state index is 0.0600. The van der Waals surface area contributed by atoms with Crippen molar-refractivity contribution < 1.29 is 23.1 Å². The third-order valence-electron chi connectivity index (χ3n) is 5.28. The topological polar surface area (TPSA) is 96.8 Å². The Morgan fingerprint density at radius 2 is 1.80 bits per heavy atom. The average molecular weight is 515 g/mol. The van der Waals surface area contributed by atoms with Crippen LogP contribution in [-0.2, 0) is 21.4 Å². The lowest BCUT2D eigenvalue weighted by Gasteiger charge is -2.28. The molecule has 1 N–H and O–H groups in total. The van der Waals surface area contributed by atoms with Crippen LogP contribution in [0.15, 0.2) is 52.2 Å². The van der Waals surface area contributed by atoms with Crippen molar-refractivity contribution in [3.05, 3.63) is 75.8 Å². The lowest BCUT2D eigenvalue weighted by atomic mass is 10.1. The third kappa shape index (κ3) is 6.70. The zero-order valence-electron chi connectivity index (χ0n) is 20.5. The zero-order chi connectivity index (χ0) is 25.8. The molecule has 9 heteroatoms. The van der Waals surface area contributed by atoms with Crippen molar-refractivity contribution in [3.63, 3.8) is 0 Å². The normalized spacial score (nSPS) is 11.8. The number of rotatable bonds is 10. The molecule has 0 radical (unpaired) electrons. The first-order valence-electron chi connectivity index (χ1n) is 11.2. The van der Waals surface area contributed by atoms with Crippen molar-refractivity contribution in [1.82, 2.24) is 4.98 Å². The summed E-state index contributed by atoms with van der Waals surface area (Å²) in [6.07, 6.45) is 2.60. The number of aliphatic carboxylic acids is 1. The SMILES string of the molecule is Cc1csc(S(=O)(=O)N(CC(C)C)c2cc(C)c(C)cc2OCc2ccc(C=CC(=O)O)cc2)n1. The number of anilines is 1. The fraction of sp³-hybridized carbons (Fsp3) is 0.308. The number of nitrogens with zero attached hydrogens (tertiary/aromatic N) is 2. The van der Waals surface area contributed by atoms with Crippen molar-refractivity contribution >= 4 is 39.1 Å². The van der Waals surface area contributed by atoms with Gasteiger partial charge in [-0.2, -0.15) is 8.42 Å². The van der Waals surface area contributed by atoms with Crippen LogP contribution in [0.25, 0.3) is 6.08 Å². The molecule has 0 aliphatic carbocycles. The Morgan fingerprint density at radius 3 is 2.37 bits per heavy atom. The van der Waals surface area contributed by atoms with Crippen molar-refractivity contribution in [3.8, 4) is 5.75 Å². The number of carboxylic acid groups (broad SMARTS) is 1. The molecule has 3 aromatic rings. The van der Waals surface area contributed by atoms with E-state index in [-0.39, 0.29) is 23.4 Å². The number of ether oxygens (including phenoxy) is 1. The highest BCUT2D eigenvalue weighted by Gasteiger charge is 2.31. The fourth-order valence-corrected chi connectivity index (χ4v) is 6.11. The molecule has 0 aliphatic heterocycles. The standard InChI is InChI=1S/C26H30N2O5S2/c1-17(2)14-28(35(31,32)26-27-20(5)16-34-26)23-12-18(3)19(4)13-24(23)33-15-22-8-6-21(7-9-22)10-11-25(29)30/h6-13,16-17H,14-15H2,1-5H3,(H,29,30).